The summed E-state index contributed by atoms with van der Waals surface area (Å²) in [6.45, 7) is 2.39. The first-order valence-electron chi connectivity index (χ1n) is 6.82. The number of hydrogen-bond acceptors (Lipinski definition) is 5. The largest absolute Gasteiger partial charge is 0.490 e. The van der Waals surface area contributed by atoms with Crippen molar-refractivity contribution in [2.75, 3.05) is 6.61 Å². The van der Waals surface area contributed by atoms with Gasteiger partial charge in [0.05, 0.1) is 17.9 Å². The monoisotopic (exact) mass is 357 g/mol. The highest BCUT2D eigenvalue weighted by atomic mass is 19.4. The Hall–Kier alpha value is -3.17. The summed E-state index contributed by atoms with van der Waals surface area (Å²) >= 11 is 0. The van der Waals surface area contributed by atoms with Gasteiger partial charge < -0.3 is 15.6 Å². The molecule has 0 saturated heterocycles. The number of aliphatic carboxylic acids is 1. The highest BCUT2D eigenvalue weighted by molar-refractivity contribution is 5.91. The first-order chi connectivity index (χ1) is 11.7. The number of primary amides is 1. The Morgan fingerprint density at radius 2 is 1.88 bits per heavy atom. The van der Waals surface area contributed by atoms with Crippen LogP contribution in [0.5, 0.6) is 5.88 Å². The molecule has 0 atom stereocenters. The number of carboxylic acids is 1. The second-order valence-corrected chi connectivity index (χ2v) is 4.36. The summed E-state index contributed by atoms with van der Waals surface area (Å²) in [5.41, 5.74) is 6.78. The van der Waals surface area contributed by atoms with Crippen LogP contribution in [0.15, 0.2) is 36.5 Å². The minimum atomic E-state index is -5.08. The van der Waals surface area contributed by atoms with Gasteiger partial charge in [0.1, 0.15) is 5.69 Å². The van der Waals surface area contributed by atoms with Gasteiger partial charge in [0.25, 0.3) is 5.91 Å². The first kappa shape index (κ1) is 19.9. The fourth-order valence-electron chi connectivity index (χ4n) is 1.56. The molecular weight excluding hydrogens is 343 g/mol. The topological polar surface area (TPSA) is 115 Å². The van der Waals surface area contributed by atoms with E-state index in [0.717, 1.165) is 5.56 Å². The van der Waals surface area contributed by atoms with Crippen LogP contribution >= 0.6 is 0 Å². The summed E-state index contributed by atoms with van der Waals surface area (Å²) in [4.78, 5) is 28.3. The van der Waals surface area contributed by atoms with Crippen molar-refractivity contribution in [1.82, 2.24) is 9.97 Å². The van der Waals surface area contributed by atoms with Gasteiger partial charge in [-0.05, 0) is 31.2 Å². The van der Waals surface area contributed by atoms with E-state index in [0.29, 0.717) is 18.2 Å². The van der Waals surface area contributed by atoms with Crippen molar-refractivity contribution in [3.05, 3.63) is 42.2 Å². The molecule has 2 rings (SSSR count). The minimum Gasteiger partial charge on any atom is -0.477 e. The van der Waals surface area contributed by atoms with Crippen LogP contribution in [-0.4, -0.2) is 39.7 Å². The predicted octanol–water partition coefficient (Wildman–Crippen LogP) is 2.27. The van der Waals surface area contributed by atoms with Crippen LogP contribution in [0.25, 0.3) is 11.3 Å². The maximum absolute atomic E-state index is 11.1. The highest BCUT2D eigenvalue weighted by Crippen LogP contribution is 2.26. The maximum Gasteiger partial charge on any atom is 0.490 e. The second kappa shape index (κ2) is 8.62. The van der Waals surface area contributed by atoms with E-state index >= 15 is 0 Å². The van der Waals surface area contributed by atoms with E-state index in [9.17, 15) is 18.0 Å². The Bertz CT molecular complexity index is 751. The molecule has 2 aromatic heterocycles. The Morgan fingerprint density at radius 1 is 1.24 bits per heavy atom. The van der Waals surface area contributed by atoms with Gasteiger partial charge in [-0.3, -0.25) is 4.79 Å². The van der Waals surface area contributed by atoms with E-state index in [2.05, 4.69) is 9.97 Å². The molecule has 0 unspecified atom stereocenters. The van der Waals surface area contributed by atoms with E-state index in [1.165, 1.54) is 0 Å². The Morgan fingerprint density at radius 3 is 2.40 bits per heavy atom. The van der Waals surface area contributed by atoms with Crippen LogP contribution < -0.4 is 10.5 Å². The molecule has 0 fully saturated rings. The Kier molecular flexibility index (Phi) is 6.85. The quantitative estimate of drug-likeness (QED) is 0.867. The molecule has 0 saturated carbocycles. The second-order valence-electron chi connectivity index (χ2n) is 4.36. The lowest BCUT2D eigenvalue weighted by atomic mass is 10.1. The lowest BCUT2D eigenvalue weighted by Gasteiger charge is -2.08. The molecule has 10 heteroatoms. The number of carbonyl (C=O) groups is 2. The molecule has 0 bridgehead atoms. The summed E-state index contributed by atoms with van der Waals surface area (Å²) in [5, 5.41) is 7.12. The van der Waals surface area contributed by atoms with Crippen LogP contribution in [0.3, 0.4) is 0 Å². The normalized spacial score (nSPS) is 10.4. The number of alkyl halides is 3. The predicted molar refractivity (Wildman–Crippen MR) is 80.8 cm³/mol. The summed E-state index contributed by atoms with van der Waals surface area (Å²) in [6, 6.07) is 8.71. The molecule has 25 heavy (non-hydrogen) atoms. The summed E-state index contributed by atoms with van der Waals surface area (Å²) in [6.07, 6.45) is -3.44. The number of ether oxygens (including phenoxy) is 1. The molecule has 1 amide bonds. The molecular formula is C15H14F3N3O4. The van der Waals surface area contributed by atoms with Gasteiger partial charge in [-0.25, -0.2) is 14.8 Å². The van der Waals surface area contributed by atoms with Crippen LogP contribution in [0.1, 0.15) is 17.4 Å². The van der Waals surface area contributed by atoms with Crippen molar-refractivity contribution >= 4 is 11.9 Å². The third-order valence-electron chi connectivity index (χ3n) is 2.57. The molecule has 2 aromatic rings. The average Bonchev–Trinajstić information content (AvgIpc) is 2.55. The molecule has 0 aliphatic rings. The molecule has 0 radical (unpaired) electrons. The van der Waals surface area contributed by atoms with Gasteiger partial charge in [-0.1, -0.05) is 6.07 Å². The van der Waals surface area contributed by atoms with Gasteiger partial charge in [-0.15, -0.1) is 0 Å². The van der Waals surface area contributed by atoms with Crippen molar-refractivity contribution in [3.63, 3.8) is 0 Å². The number of pyridine rings is 2. The molecule has 7 nitrogen and oxygen atoms in total. The number of amides is 1. The number of rotatable bonds is 4. The number of hydrogen-bond donors (Lipinski definition) is 2. The van der Waals surface area contributed by atoms with Crippen LogP contribution in [0.4, 0.5) is 13.2 Å². The van der Waals surface area contributed by atoms with Crippen LogP contribution in [-0.2, 0) is 4.79 Å². The van der Waals surface area contributed by atoms with E-state index in [-0.39, 0.29) is 5.69 Å². The van der Waals surface area contributed by atoms with E-state index < -0.39 is 18.1 Å². The summed E-state index contributed by atoms with van der Waals surface area (Å²) in [7, 11) is 0. The van der Waals surface area contributed by atoms with Crippen molar-refractivity contribution in [3.8, 4) is 17.1 Å². The summed E-state index contributed by atoms with van der Waals surface area (Å²) in [5.74, 6) is -2.82. The number of carboxylic acid groups (broad SMARTS) is 1. The number of carbonyl (C=O) groups excluding carboxylic acids is 1. The van der Waals surface area contributed by atoms with E-state index in [1.54, 1.807) is 30.5 Å². The molecule has 2 heterocycles. The molecule has 0 aromatic carbocycles. The van der Waals surface area contributed by atoms with Crippen molar-refractivity contribution in [2.24, 2.45) is 5.73 Å². The van der Waals surface area contributed by atoms with Gasteiger partial charge in [-0.2, -0.15) is 13.2 Å². The van der Waals surface area contributed by atoms with Gasteiger partial charge >= 0.3 is 12.1 Å². The third kappa shape index (κ3) is 6.09. The van der Waals surface area contributed by atoms with Crippen LogP contribution in [0.2, 0.25) is 0 Å². The van der Waals surface area contributed by atoms with E-state index in [4.69, 9.17) is 20.4 Å². The van der Waals surface area contributed by atoms with Crippen molar-refractivity contribution in [2.45, 2.75) is 13.1 Å². The zero-order valence-electron chi connectivity index (χ0n) is 12.9. The lowest BCUT2D eigenvalue weighted by Crippen LogP contribution is -2.21. The first-order valence-corrected chi connectivity index (χ1v) is 6.82. The van der Waals surface area contributed by atoms with Gasteiger partial charge in [0.2, 0.25) is 5.88 Å². The molecule has 0 aliphatic heterocycles. The smallest absolute Gasteiger partial charge is 0.477 e. The fraction of sp³-hybridized carbons (Fsp3) is 0.200. The maximum atomic E-state index is 11.1. The average molecular weight is 357 g/mol. The fourth-order valence-corrected chi connectivity index (χ4v) is 1.56. The van der Waals surface area contributed by atoms with Crippen molar-refractivity contribution in [1.29, 1.82) is 0 Å². The molecule has 134 valence electrons. The van der Waals surface area contributed by atoms with Gasteiger partial charge in [0, 0.05) is 6.20 Å². The summed E-state index contributed by atoms with van der Waals surface area (Å²) < 4.78 is 37.2. The van der Waals surface area contributed by atoms with Crippen molar-refractivity contribution < 1.29 is 32.6 Å². The van der Waals surface area contributed by atoms with E-state index in [1.807, 2.05) is 13.0 Å². The standard InChI is InChI=1S/C13H13N3O2.C2HF3O2/c1-2-18-13-9(5-4-8-15-13)10-6-3-7-11(16-10)12(14)17;3-2(4,5)1(6)7/h3-8H,2H2,1H3,(H2,14,17);(H,6,7). The number of nitrogens with two attached hydrogens (primary N) is 1. The Balaban J connectivity index is 0.000000381. The minimum absolute atomic E-state index is 0.221. The number of halogens is 3. The molecule has 0 spiro atoms. The lowest BCUT2D eigenvalue weighted by molar-refractivity contribution is -0.192. The number of aromatic nitrogens is 2. The number of nitrogens with zero attached hydrogens (tertiary/aromatic N) is 2. The SMILES string of the molecule is CCOc1ncccc1-c1cccc(C(N)=O)n1.O=C(O)C(F)(F)F. The zero-order chi connectivity index (χ0) is 19.0. The molecule has 0 aliphatic carbocycles. The van der Waals surface area contributed by atoms with Crippen LogP contribution in [0, 0.1) is 0 Å². The molecule has 3 N–H and O–H groups in total. The Labute approximate surface area is 140 Å². The third-order valence-corrected chi connectivity index (χ3v) is 2.57. The zero-order valence-corrected chi connectivity index (χ0v) is 12.9. The van der Waals surface area contributed by atoms with Gasteiger partial charge in [0.15, 0.2) is 0 Å². The highest BCUT2D eigenvalue weighted by Gasteiger charge is 2.38.